The Hall–Kier alpha value is -0.900. The van der Waals surface area contributed by atoms with Crippen LogP contribution in [0.3, 0.4) is 0 Å². The van der Waals surface area contributed by atoms with Crippen LogP contribution < -0.4 is 10.1 Å². The van der Waals surface area contributed by atoms with Crippen molar-refractivity contribution >= 4 is 44.8 Å². The Bertz CT molecular complexity index is 590. The fourth-order valence-corrected chi connectivity index (χ4v) is 2.59. The molecule has 19 heavy (non-hydrogen) atoms. The summed E-state index contributed by atoms with van der Waals surface area (Å²) in [7, 11) is 1.63. The maximum absolute atomic E-state index is 6.17. The zero-order chi connectivity index (χ0) is 13.8. The predicted molar refractivity (Wildman–Crippen MR) is 84.5 cm³/mol. The lowest BCUT2D eigenvalue weighted by molar-refractivity contribution is 0.416. The Morgan fingerprint density at radius 3 is 2.63 bits per heavy atom. The number of benzene rings is 2. The lowest BCUT2D eigenvalue weighted by Crippen LogP contribution is -2.02. The van der Waals surface area contributed by atoms with E-state index < -0.39 is 0 Å². The molecule has 2 aromatic carbocycles. The highest BCUT2D eigenvalue weighted by atomic mass is 79.9. The largest absolute Gasteiger partial charge is 0.495 e. The van der Waals surface area contributed by atoms with E-state index in [1.807, 2.05) is 30.3 Å². The Labute approximate surface area is 130 Å². The van der Waals surface area contributed by atoms with Crippen LogP contribution in [0, 0.1) is 0 Å². The van der Waals surface area contributed by atoms with E-state index in [0.717, 1.165) is 21.5 Å². The van der Waals surface area contributed by atoms with Crippen LogP contribution in [0.2, 0.25) is 10.0 Å². The average Bonchev–Trinajstić information content (AvgIpc) is 2.38. The molecule has 0 fully saturated rings. The second kappa shape index (κ2) is 6.51. The van der Waals surface area contributed by atoms with E-state index in [1.165, 1.54) is 0 Å². The van der Waals surface area contributed by atoms with Gasteiger partial charge in [0.2, 0.25) is 0 Å². The zero-order valence-corrected chi connectivity index (χ0v) is 13.3. The van der Waals surface area contributed by atoms with E-state index >= 15 is 0 Å². The summed E-state index contributed by atoms with van der Waals surface area (Å²) in [6.45, 7) is 0.600. The van der Waals surface area contributed by atoms with Gasteiger partial charge in [0.1, 0.15) is 5.75 Å². The maximum Gasteiger partial charge on any atom is 0.142 e. The van der Waals surface area contributed by atoms with Crippen molar-refractivity contribution in [2.24, 2.45) is 0 Å². The number of halogens is 3. The minimum Gasteiger partial charge on any atom is -0.495 e. The molecule has 0 aliphatic rings. The standard InChI is InChI=1S/C14H12BrCl2NO/c1-19-14-5-4-11(16)7-13(14)18-8-9-2-3-10(15)6-12(9)17/h2-7,18H,8H2,1H3. The van der Waals surface area contributed by atoms with Gasteiger partial charge in [-0.05, 0) is 35.9 Å². The molecular weight excluding hydrogens is 349 g/mol. The first-order chi connectivity index (χ1) is 9.10. The first-order valence-electron chi connectivity index (χ1n) is 5.61. The Kier molecular flexibility index (Phi) is 4.97. The molecular formula is C14H12BrCl2NO. The highest BCUT2D eigenvalue weighted by molar-refractivity contribution is 9.10. The number of hydrogen-bond acceptors (Lipinski definition) is 2. The quantitative estimate of drug-likeness (QED) is 0.790. The lowest BCUT2D eigenvalue weighted by Gasteiger charge is -2.12. The van der Waals surface area contributed by atoms with E-state index in [-0.39, 0.29) is 0 Å². The molecule has 0 bridgehead atoms. The van der Waals surface area contributed by atoms with Crippen LogP contribution >= 0.6 is 39.1 Å². The number of hydrogen-bond donors (Lipinski definition) is 1. The second-order valence-corrected chi connectivity index (χ2v) is 5.69. The SMILES string of the molecule is COc1ccc(Cl)cc1NCc1ccc(Br)cc1Cl. The van der Waals surface area contributed by atoms with Gasteiger partial charge in [-0.1, -0.05) is 45.2 Å². The molecule has 0 aromatic heterocycles. The summed E-state index contributed by atoms with van der Waals surface area (Å²) in [5.41, 5.74) is 1.85. The van der Waals surface area contributed by atoms with Crippen molar-refractivity contribution in [3.63, 3.8) is 0 Å². The highest BCUT2D eigenvalue weighted by Crippen LogP contribution is 2.29. The van der Waals surface area contributed by atoms with Crippen LogP contribution in [0.15, 0.2) is 40.9 Å². The van der Waals surface area contributed by atoms with Crippen molar-refractivity contribution in [2.45, 2.75) is 6.54 Å². The third kappa shape index (κ3) is 3.78. The van der Waals surface area contributed by atoms with Gasteiger partial charge in [-0.25, -0.2) is 0 Å². The van der Waals surface area contributed by atoms with E-state index in [9.17, 15) is 0 Å². The molecule has 0 aliphatic carbocycles. The third-order valence-corrected chi connectivity index (χ3v) is 3.73. The summed E-state index contributed by atoms with van der Waals surface area (Å²) in [5.74, 6) is 0.748. The topological polar surface area (TPSA) is 21.3 Å². The van der Waals surface area contributed by atoms with E-state index in [2.05, 4.69) is 21.2 Å². The number of nitrogens with one attached hydrogen (secondary N) is 1. The fraction of sp³-hybridized carbons (Fsp3) is 0.143. The van der Waals surface area contributed by atoms with Gasteiger partial charge in [-0.15, -0.1) is 0 Å². The molecule has 0 unspecified atom stereocenters. The molecule has 0 spiro atoms. The van der Waals surface area contributed by atoms with Crippen LogP contribution in [0.5, 0.6) is 5.75 Å². The first kappa shape index (κ1) is 14.5. The lowest BCUT2D eigenvalue weighted by atomic mass is 10.2. The van der Waals surface area contributed by atoms with Gasteiger partial charge in [0.05, 0.1) is 12.8 Å². The van der Waals surface area contributed by atoms with Crippen molar-refractivity contribution in [3.8, 4) is 5.75 Å². The van der Waals surface area contributed by atoms with Crippen molar-refractivity contribution in [3.05, 3.63) is 56.5 Å². The number of ether oxygens (including phenoxy) is 1. The van der Waals surface area contributed by atoms with Crippen LogP contribution in [0.25, 0.3) is 0 Å². The summed E-state index contributed by atoms with van der Waals surface area (Å²) >= 11 is 15.5. The van der Waals surface area contributed by atoms with Crippen molar-refractivity contribution in [1.29, 1.82) is 0 Å². The van der Waals surface area contributed by atoms with Crippen LogP contribution in [-0.2, 0) is 6.54 Å². The monoisotopic (exact) mass is 359 g/mol. The molecule has 0 heterocycles. The van der Waals surface area contributed by atoms with Crippen LogP contribution in [0.4, 0.5) is 5.69 Å². The van der Waals surface area contributed by atoms with Crippen molar-refractivity contribution in [2.75, 3.05) is 12.4 Å². The second-order valence-electron chi connectivity index (χ2n) is 3.93. The molecule has 2 nitrogen and oxygen atoms in total. The fourth-order valence-electron chi connectivity index (χ4n) is 1.67. The molecule has 100 valence electrons. The van der Waals surface area contributed by atoms with E-state index in [4.69, 9.17) is 27.9 Å². The maximum atomic E-state index is 6.17. The number of anilines is 1. The van der Waals surface area contributed by atoms with Crippen molar-refractivity contribution in [1.82, 2.24) is 0 Å². The molecule has 0 saturated heterocycles. The molecule has 0 amide bonds. The molecule has 2 rings (SSSR count). The van der Waals surface area contributed by atoms with Crippen molar-refractivity contribution < 1.29 is 4.74 Å². The zero-order valence-electron chi connectivity index (χ0n) is 10.2. The Balaban J connectivity index is 2.16. The molecule has 0 saturated carbocycles. The minimum atomic E-state index is 0.600. The summed E-state index contributed by atoms with van der Waals surface area (Å²) in [6, 6.07) is 11.2. The summed E-state index contributed by atoms with van der Waals surface area (Å²) in [4.78, 5) is 0. The average molecular weight is 361 g/mol. The van der Waals surface area contributed by atoms with Gasteiger partial charge in [0.25, 0.3) is 0 Å². The summed E-state index contributed by atoms with van der Waals surface area (Å²) in [6.07, 6.45) is 0. The predicted octanol–water partition coefficient (Wildman–Crippen LogP) is 5.38. The summed E-state index contributed by atoms with van der Waals surface area (Å²) in [5, 5.41) is 4.64. The smallest absolute Gasteiger partial charge is 0.142 e. The van der Waals surface area contributed by atoms with Gasteiger partial charge in [-0.3, -0.25) is 0 Å². The normalized spacial score (nSPS) is 10.3. The van der Waals surface area contributed by atoms with Gasteiger partial charge in [0, 0.05) is 21.1 Å². The Morgan fingerprint density at radius 2 is 1.95 bits per heavy atom. The molecule has 5 heteroatoms. The Morgan fingerprint density at radius 1 is 1.16 bits per heavy atom. The summed E-state index contributed by atoms with van der Waals surface area (Å²) < 4.78 is 6.24. The van der Waals surface area contributed by atoms with Gasteiger partial charge < -0.3 is 10.1 Å². The molecule has 0 aliphatic heterocycles. The first-order valence-corrected chi connectivity index (χ1v) is 7.16. The highest BCUT2D eigenvalue weighted by Gasteiger charge is 2.05. The van der Waals surface area contributed by atoms with Crippen LogP contribution in [0.1, 0.15) is 5.56 Å². The minimum absolute atomic E-state index is 0.600. The van der Waals surface area contributed by atoms with E-state index in [0.29, 0.717) is 16.6 Å². The molecule has 0 atom stereocenters. The van der Waals surface area contributed by atoms with Gasteiger partial charge >= 0.3 is 0 Å². The van der Waals surface area contributed by atoms with Gasteiger partial charge in [0.15, 0.2) is 0 Å². The van der Waals surface area contributed by atoms with Crippen LogP contribution in [-0.4, -0.2) is 7.11 Å². The molecule has 0 radical (unpaired) electrons. The van der Waals surface area contributed by atoms with Gasteiger partial charge in [-0.2, -0.15) is 0 Å². The number of rotatable bonds is 4. The van der Waals surface area contributed by atoms with E-state index in [1.54, 1.807) is 13.2 Å². The molecule has 1 N–H and O–H groups in total. The molecule has 2 aromatic rings. The number of methoxy groups -OCH3 is 1. The third-order valence-electron chi connectivity index (χ3n) is 2.65.